The molecule has 0 fully saturated rings. The molecule has 14 heavy (non-hydrogen) atoms. The molecule has 0 aliphatic rings. The zero-order chi connectivity index (χ0) is 10.6. The Kier molecular flexibility index (Phi) is 2.98. The van der Waals surface area contributed by atoms with Crippen molar-refractivity contribution in [2.24, 2.45) is 0 Å². The summed E-state index contributed by atoms with van der Waals surface area (Å²) in [5.41, 5.74) is -0.429. The van der Waals surface area contributed by atoms with E-state index in [2.05, 4.69) is 16.2 Å². The molecule has 0 saturated heterocycles. The van der Waals surface area contributed by atoms with Crippen LogP contribution in [0.4, 0.5) is 5.82 Å². The van der Waals surface area contributed by atoms with Crippen molar-refractivity contribution >= 4 is 5.82 Å². The average Bonchev–Trinajstić information content (AvgIpc) is 2.18. The summed E-state index contributed by atoms with van der Waals surface area (Å²) in [6.45, 7) is 3.81. The molecule has 74 valence electrons. The summed E-state index contributed by atoms with van der Waals surface area (Å²) in [5, 5.41) is 3.12. The van der Waals surface area contributed by atoms with E-state index in [0.717, 1.165) is 0 Å². The number of pyridine rings is 1. The molecule has 1 heterocycles. The van der Waals surface area contributed by atoms with Gasteiger partial charge >= 0.3 is 0 Å². The Morgan fingerprint density at radius 3 is 2.86 bits per heavy atom. The number of nitrogens with one attached hydrogen (secondary N) is 1. The fourth-order valence-electron chi connectivity index (χ4n) is 0.981. The average molecular weight is 190 g/mol. The van der Waals surface area contributed by atoms with Crippen LogP contribution in [0.5, 0.6) is 5.75 Å². The number of rotatable bonds is 3. The van der Waals surface area contributed by atoms with Gasteiger partial charge in [-0.15, -0.1) is 6.42 Å². The normalized spacial score (nSPS) is 10.4. The van der Waals surface area contributed by atoms with Crippen molar-refractivity contribution in [3.8, 4) is 18.1 Å². The lowest BCUT2D eigenvalue weighted by molar-refractivity contribution is 0.414. The molecule has 0 radical (unpaired) electrons. The fourth-order valence-corrected chi connectivity index (χ4v) is 0.981. The van der Waals surface area contributed by atoms with Crippen LogP contribution in [0, 0.1) is 12.3 Å². The Bertz CT molecular complexity index is 353. The first kappa shape index (κ1) is 10.4. The highest BCUT2D eigenvalue weighted by Crippen LogP contribution is 2.23. The molecule has 1 aromatic heterocycles. The molecule has 0 aromatic carbocycles. The number of aromatic nitrogens is 1. The van der Waals surface area contributed by atoms with Crippen LogP contribution in [-0.2, 0) is 0 Å². The first-order valence-electron chi connectivity index (χ1n) is 4.34. The monoisotopic (exact) mass is 190 g/mol. The third-order valence-electron chi connectivity index (χ3n) is 1.78. The van der Waals surface area contributed by atoms with Crippen LogP contribution in [0.3, 0.4) is 0 Å². The highest BCUT2D eigenvalue weighted by atomic mass is 16.5. The fraction of sp³-hybridized carbons (Fsp3) is 0.364. The van der Waals surface area contributed by atoms with E-state index in [-0.39, 0.29) is 0 Å². The van der Waals surface area contributed by atoms with Crippen molar-refractivity contribution in [2.45, 2.75) is 19.4 Å². The Labute approximate surface area is 84.5 Å². The van der Waals surface area contributed by atoms with Crippen molar-refractivity contribution in [3.05, 3.63) is 18.3 Å². The van der Waals surface area contributed by atoms with Crippen LogP contribution in [-0.4, -0.2) is 17.6 Å². The minimum absolute atomic E-state index is 0.429. The molecule has 0 bridgehead atoms. The molecule has 0 unspecified atom stereocenters. The van der Waals surface area contributed by atoms with Crippen molar-refractivity contribution < 1.29 is 4.74 Å². The van der Waals surface area contributed by atoms with Gasteiger partial charge in [-0.2, -0.15) is 0 Å². The van der Waals surface area contributed by atoms with Gasteiger partial charge in [0, 0.05) is 6.20 Å². The highest BCUT2D eigenvalue weighted by Gasteiger charge is 2.15. The van der Waals surface area contributed by atoms with E-state index < -0.39 is 5.54 Å². The summed E-state index contributed by atoms with van der Waals surface area (Å²) in [6.07, 6.45) is 7.06. The minimum Gasteiger partial charge on any atom is -0.493 e. The number of anilines is 1. The standard InChI is InChI=1S/C11H14N2O/c1-5-11(2,3)13-10-9(14-4)7-6-8-12-10/h1,6-8H,2-4H3,(H,12,13). The summed E-state index contributed by atoms with van der Waals surface area (Å²) in [7, 11) is 1.60. The number of methoxy groups -OCH3 is 1. The van der Waals surface area contributed by atoms with Crippen LogP contribution in [0.15, 0.2) is 18.3 Å². The zero-order valence-corrected chi connectivity index (χ0v) is 8.66. The number of hydrogen-bond donors (Lipinski definition) is 1. The maximum Gasteiger partial charge on any atom is 0.169 e. The van der Waals surface area contributed by atoms with E-state index in [0.29, 0.717) is 11.6 Å². The van der Waals surface area contributed by atoms with E-state index in [1.54, 1.807) is 13.3 Å². The summed E-state index contributed by atoms with van der Waals surface area (Å²) in [4.78, 5) is 4.15. The predicted octanol–water partition coefficient (Wildman–Crippen LogP) is 1.91. The molecule has 0 spiro atoms. The van der Waals surface area contributed by atoms with Crippen molar-refractivity contribution in [3.63, 3.8) is 0 Å². The summed E-state index contributed by atoms with van der Waals surface area (Å²) in [6, 6.07) is 3.65. The second-order valence-corrected chi connectivity index (χ2v) is 3.45. The van der Waals surface area contributed by atoms with Gasteiger partial charge in [0.05, 0.1) is 12.6 Å². The second-order valence-electron chi connectivity index (χ2n) is 3.45. The molecule has 1 N–H and O–H groups in total. The summed E-state index contributed by atoms with van der Waals surface area (Å²) in [5.74, 6) is 3.99. The van der Waals surface area contributed by atoms with Crippen LogP contribution in [0.25, 0.3) is 0 Å². The Balaban J connectivity index is 2.92. The Morgan fingerprint density at radius 2 is 2.29 bits per heavy atom. The number of nitrogens with zero attached hydrogens (tertiary/aromatic N) is 1. The SMILES string of the molecule is C#CC(C)(C)Nc1ncccc1OC. The largest absolute Gasteiger partial charge is 0.493 e. The molecule has 0 saturated carbocycles. The molecular formula is C11H14N2O. The van der Waals surface area contributed by atoms with Gasteiger partial charge in [-0.25, -0.2) is 4.98 Å². The van der Waals surface area contributed by atoms with Gasteiger partial charge in [0.1, 0.15) is 0 Å². The lowest BCUT2D eigenvalue weighted by Crippen LogP contribution is -2.29. The third kappa shape index (κ3) is 2.40. The van der Waals surface area contributed by atoms with E-state index in [1.165, 1.54) is 0 Å². The molecule has 0 aliphatic heterocycles. The molecule has 3 heteroatoms. The molecule has 1 rings (SSSR count). The maximum atomic E-state index is 5.36. The highest BCUT2D eigenvalue weighted by molar-refractivity contribution is 5.52. The van der Waals surface area contributed by atoms with E-state index in [1.807, 2.05) is 26.0 Å². The summed E-state index contributed by atoms with van der Waals surface area (Å²) < 4.78 is 5.14. The lowest BCUT2D eigenvalue weighted by atomic mass is 10.1. The van der Waals surface area contributed by atoms with Crippen molar-refractivity contribution in [1.29, 1.82) is 0 Å². The van der Waals surface area contributed by atoms with E-state index in [4.69, 9.17) is 11.2 Å². The first-order chi connectivity index (χ1) is 6.59. The van der Waals surface area contributed by atoms with E-state index in [9.17, 15) is 0 Å². The molecule has 3 nitrogen and oxygen atoms in total. The number of hydrogen-bond acceptors (Lipinski definition) is 3. The van der Waals surface area contributed by atoms with Crippen LogP contribution >= 0.6 is 0 Å². The molecule has 1 aromatic rings. The van der Waals surface area contributed by atoms with Gasteiger partial charge in [-0.05, 0) is 26.0 Å². The predicted molar refractivity (Wildman–Crippen MR) is 57.3 cm³/mol. The van der Waals surface area contributed by atoms with Gasteiger partial charge in [-0.3, -0.25) is 0 Å². The van der Waals surface area contributed by atoms with Gasteiger partial charge in [0.25, 0.3) is 0 Å². The number of terminal acetylenes is 1. The van der Waals surface area contributed by atoms with Gasteiger partial charge in [0.15, 0.2) is 11.6 Å². The smallest absolute Gasteiger partial charge is 0.169 e. The quantitative estimate of drug-likeness (QED) is 0.739. The topological polar surface area (TPSA) is 34.2 Å². The lowest BCUT2D eigenvalue weighted by Gasteiger charge is -2.21. The van der Waals surface area contributed by atoms with Crippen LogP contribution in [0.1, 0.15) is 13.8 Å². The van der Waals surface area contributed by atoms with E-state index >= 15 is 0 Å². The second kappa shape index (κ2) is 4.01. The van der Waals surface area contributed by atoms with Crippen molar-refractivity contribution in [2.75, 3.05) is 12.4 Å². The first-order valence-corrected chi connectivity index (χ1v) is 4.34. The molecule has 0 aliphatic carbocycles. The maximum absolute atomic E-state index is 5.36. The van der Waals surface area contributed by atoms with Gasteiger partial charge in [-0.1, -0.05) is 5.92 Å². The molecule has 0 amide bonds. The minimum atomic E-state index is -0.429. The molecular weight excluding hydrogens is 176 g/mol. The Morgan fingerprint density at radius 1 is 1.57 bits per heavy atom. The number of ether oxygens (including phenoxy) is 1. The van der Waals surface area contributed by atoms with Crippen LogP contribution in [0.2, 0.25) is 0 Å². The molecule has 0 atom stereocenters. The summed E-state index contributed by atoms with van der Waals surface area (Å²) >= 11 is 0. The van der Waals surface area contributed by atoms with Crippen LogP contribution < -0.4 is 10.1 Å². The van der Waals surface area contributed by atoms with Crippen molar-refractivity contribution in [1.82, 2.24) is 4.98 Å². The van der Waals surface area contributed by atoms with Gasteiger partial charge < -0.3 is 10.1 Å². The van der Waals surface area contributed by atoms with Gasteiger partial charge in [0.2, 0.25) is 0 Å². The Hall–Kier alpha value is -1.69. The zero-order valence-electron chi connectivity index (χ0n) is 8.66. The third-order valence-corrected chi connectivity index (χ3v) is 1.78.